The van der Waals surface area contributed by atoms with E-state index in [1.54, 1.807) is 7.11 Å². The molecule has 1 radical (unpaired) electrons. The normalized spacial score (nSPS) is 20.5. The standard InChI is InChI=1S/C12H19O/c1-3-12(13-2)10-9-11-7-5-4-6-8-11/h4,11-12H,3,5-8H2,1-2H3. The lowest BCUT2D eigenvalue weighted by atomic mass is 9.90. The van der Waals surface area contributed by atoms with Crippen LogP contribution >= 0.6 is 0 Å². The second kappa shape index (κ2) is 6.05. The number of rotatable bonds is 2. The molecule has 0 N–H and O–H groups in total. The molecule has 0 bridgehead atoms. The van der Waals surface area contributed by atoms with Gasteiger partial charge >= 0.3 is 0 Å². The minimum absolute atomic E-state index is 0.144. The van der Waals surface area contributed by atoms with Crippen LogP contribution in [0.4, 0.5) is 0 Å². The van der Waals surface area contributed by atoms with Crippen LogP contribution in [0, 0.1) is 24.2 Å². The molecule has 0 aliphatic heterocycles. The first-order chi connectivity index (χ1) is 6.36. The van der Waals surface area contributed by atoms with Crippen molar-refractivity contribution in [1.82, 2.24) is 0 Å². The Morgan fingerprint density at radius 3 is 2.69 bits per heavy atom. The molecular formula is C12H19O. The van der Waals surface area contributed by atoms with Crippen LogP contribution in [0.25, 0.3) is 0 Å². The highest BCUT2D eigenvalue weighted by atomic mass is 16.5. The Morgan fingerprint density at radius 1 is 1.46 bits per heavy atom. The van der Waals surface area contributed by atoms with Gasteiger partial charge in [-0.05, 0) is 38.5 Å². The van der Waals surface area contributed by atoms with E-state index in [1.165, 1.54) is 25.7 Å². The summed E-state index contributed by atoms with van der Waals surface area (Å²) < 4.78 is 5.21. The zero-order chi connectivity index (χ0) is 9.52. The van der Waals surface area contributed by atoms with Gasteiger partial charge in [-0.25, -0.2) is 0 Å². The summed E-state index contributed by atoms with van der Waals surface area (Å²) >= 11 is 0. The third-order valence-corrected chi connectivity index (χ3v) is 2.54. The van der Waals surface area contributed by atoms with Crippen molar-refractivity contribution in [3.63, 3.8) is 0 Å². The van der Waals surface area contributed by atoms with E-state index in [-0.39, 0.29) is 6.10 Å². The predicted octanol–water partition coefficient (Wildman–Crippen LogP) is 2.81. The van der Waals surface area contributed by atoms with Crippen molar-refractivity contribution in [3.05, 3.63) is 6.42 Å². The third-order valence-electron chi connectivity index (χ3n) is 2.54. The summed E-state index contributed by atoms with van der Waals surface area (Å²) in [7, 11) is 1.73. The number of hydrogen-bond donors (Lipinski definition) is 0. The van der Waals surface area contributed by atoms with Gasteiger partial charge in [0.05, 0.1) is 0 Å². The number of ether oxygens (including phenoxy) is 1. The Morgan fingerprint density at radius 2 is 2.15 bits per heavy atom. The van der Waals surface area contributed by atoms with E-state index in [0.717, 1.165) is 6.42 Å². The minimum atomic E-state index is 0.144. The summed E-state index contributed by atoms with van der Waals surface area (Å²) in [5.41, 5.74) is 0. The van der Waals surface area contributed by atoms with Gasteiger partial charge in [0.1, 0.15) is 6.10 Å². The van der Waals surface area contributed by atoms with E-state index < -0.39 is 0 Å². The van der Waals surface area contributed by atoms with Crippen molar-refractivity contribution in [2.75, 3.05) is 7.11 Å². The van der Waals surface area contributed by atoms with Crippen LogP contribution < -0.4 is 0 Å². The number of hydrogen-bond acceptors (Lipinski definition) is 1. The largest absolute Gasteiger partial charge is 0.369 e. The molecule has 1 rings (SSSR count). The summed E-state index contributed by atoms with van der Waals surface area (Å²) in [5.74, 6) is 7.15. The van der Waals surface area contributed by atoms with Crippen molar-refractivity contribution in [2.45, 2.75) is 45.1 Å². The highest BCUT2D eigenvalue weighted by molar-refractivity contribution is 5.09. The van der Waals surface area contributed by atoms with Crippen LogP contribution in [-0.4, -0.2) is 13.2 Å². The first-order valence-electron chi connectivity index (χ1n) is 5.22. The summed E-state index contributed by atoms with van der Waals surface area (Å²) in [4.78, 5) is 0. The van der Waals surface area contributed by atoms with Crippen molar-refractivity contribution in [2.24, 2.45) is 5.92 Å². The molecule has 0 heterocycles. The van der Waals surface area contributed by atoms with Crippen molar-refractivity contribution >= 4 is 0 Å². The third kappa shape index (κ3) is 3.83. The highest BCUT2D eigenvalue weighted by Gasteiger charge is 2.10. The quantitative estimate of drug-likeness (QED) is 0.592. The number of methoxy groups -OCH3 is 1. The molecule has 1 aliphatic carbocycles. The monoisotopic (exact) mass is 179 g/mol. The van der Waals surface area contributed by atoms with Gasteiger partial charge in [-0.1, -0.05) is 18.8 Å². The Hall–Kier alpha value is -0.480. The molecule has 13 heavy (non-hydrogen) atoms. The molecule has 1 fully saturated rings. The molecule has 1 saturated carbocycles. The molecule has 0 aromatic rings. The van der Waals surface area contributed by atoms with Crippen molar-refractivity contribution < 1.29 is 4.74 Å². The molecule has 73 valence electrons. The van der Waals surface area contributed by atoms with E-state index >= 15 is 0 Å². The molecule has 1 nitrogen and oxygen atoms in total. The van der Waals surface area contributed by atoms with E-state index in [2.05, 4.69) is 25.2 Å². The summed E-state index contributed by atoms with van der Waals surface area (Å²) in [6.45, 7) is 2.11. The summed E-state index contributed by atoms with van der Waals surface area (Å²) in [5, 5.41) is 0. The van der Waals surface area contributed by atoms with E-state index in [9.17, 15) is 0 Å². The molecular weight excluding hydrogens is 160 g/mol. The van der Waals surface area contributed by atoms with E-state index in [0.29, 0.717) is 5.92 Å². The molecule has 0 amide bonds. The Balaban J connectivity index is 2.34. The molecule has 0 aromatic carbocycles. The molecule has 1 atom stereocenters. The first-order valence-corrected chi connectivity index (χ1v) is 5.22. The fraction of sp³-hybridized carbons (Fsp3) is 0.750. The van der Waals surface area contributed by atoms with E-state index in [1.807, 2.05) is 0 Å². The van der Waals surface area contributed by atoms with Gasteiger partial charge in [-0.15, -0.1) is 0 Å². The maximum atomic E-state index is 5.21. The molecule has 0 aromatic heterocycles. The Bertz CT molecular complexity index is 177. The van der Waals surface area contributed by atoms with Crippen LogP contribution in [-0.2, 0) is 4.74 Å². The topological polar surface area (TPSA) is 9.23 Å². The summed E-state index contributed by atoms with van der Waals surface area (Å²) in [6, 6.07) is 0. The van der Waals surface area contributed by atoms with Crippen LogP contribution in [0.3, 0.4) is 0 Å². The van der Waals surface area contributed by atoms with Gasteiger partial charge in [0.15, 0.2) is 0 Å². The lowest BCUT2D eigenvalue weighted by Crippen LogP contribution is -2.08. The predicted molar refractivity (Wildman–Crippen MR) is 55.1 cm³/mol. The van der Waals surface area contributed by atoms with Crippen LogP contribution in [0.5, 0.6) is 0 Å². The second-order valence-corrected chi connectivity index (χ2v) is 3.56. The van der Waals surface area contributed by atoms with Gasteiger partial charge in [0.25, 0.3) is 0 Å². The molecule has 1 aliphatic rings. The average molecular weight is 179 g/mol. The van der Waals surface area contributed by atoms with Gasteiger partial charge in [0, 0.05) is 13.0 Å². The lowest BCUT2D eigenvalue weighted by molar-refractivity contribution is 0.145. The fourth-order valence-corrected chi connectivity index (χ4v) is 1.61. The van der Waals surface area contributed by atoms with Gasteiger partial charge in [-0.3, -0.25) is 0 Å². The van der Waals surface area contributed by atoms with Gasteiger partial charge in [0.2, 0.25) is 0 Å². The molecule has 1 unspecified atom stereocenters. The van der Waals surface area contributed by atoms with Crippen LogP contribution in [0.15, 0.2) is 0 Å². The maximum absolute atomic E-state index is 5.21. The van der Waals surface area contributed by atoms with Gasteiger partial charge in [-0.2, -0.15) is 0 Å². The van der Waals surface area contributed by atoms with Gasteiger partial charge < -0.3 is 4.74 Å². The Labute approximate surface area is 81.9 Å². The fourth-order valence-electron chi connectivity index (χ4n) is 1.61. The van der Waals surface area contributed by atoms with E-state index in [4.69, 9.17) is 4.74 Å². The second-order valence-electron chi connectivity index (χ2n) is 3.56. The molecule has 0 saturated heterocycles. The van der Waals surface area contributed by atoms with Crippen molar-refractivity contribution in [1.29, 1.82) is 0 Å². The zero-order valence-electron chi connectivity index (χ0n) is 8.68. The highest BCUT2D eigenvalue weighted by Crippen LogP contribution is 2.21. The molecule has 1 heteroatoms. The average Bonchev–Trinajstić information content (AvgIpc) is 2.21. The SMILES string of the molecule is CCC(C#CC1CC[CH]CC1)OC. The molecule has 0 spiro atoms. The Kier molecular flexibility index (Phi) is 4.93. The smallest absolute Gasteiger partial charge is 0.117 e. The zero-order valence-corrected chi connectivity index (χ0v) is 8.68. The van der Waals surface area contributed by atoms with Crippen LogP contribution in [0.1, 0.15) is 39.0 Å². The minimum Gasteiger partial charge on any atom is -0.369 e. The van der Waals surface area contributed by atoms with Crippen molar-refractivity contribution in [3.8, 4) is 11.8 Å². The summed E-state index contributed by atoms with van der Waals surface area (Å²) in [6.07, 6.45) is 8.46. The maximum Gasteiger partial charge on any atom is 0.117 e. The first kappa shape index (κ1) is 10.6. The lowest BCUT2D eigenvalue weighted by Gasteiger charge is -2.15. The van der Waals surface area contributed by atoms with Crippen LogP contribution in [0.2, 0.25) is 0 Å².